The van der Waals surface area contributed by atoms with Gasteiger partial charge in [-0.2, -0.15) is 5.10 Å². The van der Waals surface area contributed by atoms with Gasteiger partial charge in [-0.3, -0.25) is 9.69 Å². The van der Waals surface area contributed by atoms with E-state index >= 15 is 0 Å². The summed E-state index contributed by atoms with van der Waals surface area (Å²) in [7, 11) is 1.67. The van der Waals surface area contributed by atoms with Gasteiger partial charge in [-0.15, -0.1) is 0 Å². The Morgan fingerprint density at radius 2 is 2.03 bits per heavy atom. The molecule has 1 amide bonds. The topological polar surface area (TPSA) is 88.0 Å². The Balaban J connectivity index is 1.22. The van der Waals surface area contributed by atoms with Gasteiger partial charge in [0.2, 0.25) is 5.91 Å². The number of benzene rings is 1. The molecular formula is C30H38N6O3. The molecule has 4 aromatic rings. The number of aromatic amines is 1. The molecule has 1 aromatic carbocycles. The average molecular weight is 531 g/mol. The van der Waals surface area contributed by atoms with Gasteiger partial charge in [-0.05, 0) is 74.0 Å². The minimum atomic E-state index is 0.163. The summed E-state index contributed by atoms with van der Waals surface area (Å²) < 4.78 is 12.9. The number of rotatable bonds is 6. The molecule has 2 saturated heterocycles. The summed E-state index contributed by atoms with van der Waals surface area (Å²) >= 11 is 0. The van der Waals surface area contributed by atoms with Gasteiger partial charge in [0, 0.05) is 29.2 Å². The summed E-state index contributed by atoms with van der Waals surface area (Å²) in [5.74, 6) is 1.75. The molecular weight excluding hydrogens is 492 g/mol. The lowest BCUT2D eigenvalue weighted by Crippen LogP contribution is -2.51. The molecule has 206 valence electrons. The van der Waals surface area contributed by atoms with Crippen molar-refractivity contribution in [3.63, 3.8) is 0 Å². The second-order valence-corrected chi connectivity index (χ2v) is 11.3. The summed E-state index contributed by atoms with van der Waals surface area (Å²) in [5, 5.41) is 5.62. The van der Waals surface area contributed by atoms with E-state index in [0.717, 1.165) is 42.7 Å². The molecule has 2 aliphatic heterocycles. The number of methoxy groups -OCH3 is 1. The van der Waals surface area contributed by atoms with E-state index < -0.39 is 0 Å². The quantitative estimate of drug-likeness (QED) is 0.397. The highest BCUT2D eigenvalue weighted by molar-refractivity contribution is 5.92. The van der Waals surface area contributed by atoms with Gasteiger partial charge in [0.15, 0.2) is 11.4 Å². The van der Waals surface area contributed by atoms with E-state index in [1.165, 1.54) is 16.5 Å². The number of aromatic nitrogens is 4. The van der Waals surface area contributed by atoms with Gasteiger partial charge < -0.3 is 19.4 Å². The highest BCUT2D eigenvalue weighted by Crippen LogP contribution is 2.39. The molecule has 0 radical (unpaired) electrons. The Hall–Kier alpha value is -3.43. The molecule has 1 atom stereocenters. The van der Waals surface area contributed by atoms with Crippen LogP contribution in [0.1, 0.15) is 56.6 Å². The third-order valence-electron chi connectivity index (χ3n) is 8.40. The number of hydrogen-bond acceptors (Lipinski definition) is 6. The molecule has 3 aromatic heterocycles. The largest absolute Gasteiger partial charge is 0.493 e. The molecule has 0 saturated carbocycles. The summed E-state index contributed by atoms with van der Waals surface area (Å²) in [6.07, 6.45) is 5.68. The van der Waals surface area contributed by atoms with Gasteiger partial charge in [0.1, 0.15) is 6.33 Å². The van der Waals surface area contributed by atoms with Crippen molar-refractivity contribution in [2.24, 2.45) is 0 Å². The lowest BCUT2D eigenvalue weighted by molar-refractivity contribution is -0.140. The number of fused-ring (bicyclic) bond motifs is 2. The number of pyridine rings is 1. The maximum atomic E-state index is 12.9. The number of ether oxygens (including phenoxy) is 2. The van der Waals surface area contributed by atoms with Crippen LogP contribution in [0.15, 0.2) is 36.8 Å². The molecule has 2 aliphatic rings. The van der Waals surface area contributed by atoms with Crippen molar-refractivity contribution in [3.8, 4) is 17.0 Å². The number of nitrogens with zero attached hydrogens (tertiary/aromatic N) is 5. The van der Waals surface area contributed by atoms with Crippen LogP contribution >= 0.6 is 0 Å². The summed E-state index contributed by atoms with van der Waals surface area (Å²) in [5.41, 5.74) is 6.65. The minimum absolute atomic E-state index is 0.163. The molecule has 9 heteroatoms. The molecule has 5 heterocycles. The highest BCUT2D eigenvalue weighted by atomic mass is 16.5. The maximum absolute atomic E-state index is 12.9. The summed E-state index contributed by atoms with van der Waals surface area (Å²) in [6.45, 7) is 10.9. The Morgan fingerprint density at radius 1 is 1.21 bits per heavy atom. The predicted octanol–water partition coefficient (Wildman–Crippen LogP) is 4.44. The zero-order chi connectivity index (χ0) is 27.1. The third kappa shape index (κ3) is 4.89. The standard InChI is InChI=1S/C30H38N6O3/c1-19(2)28-24-13-22(21-7-9-34(10-8-21)16-27(37)35-11-12-39-17-20(35)3)5-6-25(24)33-29(28)23-14-26(38-4)30-31-18-32-36(30)15-23/h5-6,13-15,18-21,33H,7-12,16-17H2,1-4H3/t20-/m1/s1. The van der Waals surface area contributed by atoms with Crippen molar-refractivity contribution in [2.75, 3.05) is 46.5 Å². The molecule has 1 N–H and O–H groups in total. The fourth-order valence-corrected chi connectivity index (χ4v) is 6.30. The predicted molar refractivity (Wildman–Crippen MR) is 151 cm³/mol. The molecule has 39 heavy (non-hydrogen) atoms. The Bertz CT molecular complexity index is 1480. The van der Waals surface area contributed by atoms with E-state index in [9.17, 15) is 4.79 Å². The van der Waals surface area contributed by atoms with Gasteiger partial charge in [0.05, 0.1) is 38.6 Å². The number of likely N-dealkylation sites (tertiary alicyclic amines) is 1. The average Bonchev–Trinajstić information content (AvgIpc) is 3.57. The number of piperidine rings is 1. The first-order valence-corrected chi connectivity index (χ1v) is 14.1. The van der Waals surface area contributed by atoms with E-state index in [1.807, 2.05) is 17.2 Å². The van der Waals surface area contributed by atoms with Gasteiger partial charge >= 0.3 is 0 Å². The molecule has 9 nitrogen and oxygen atoms in total. The van der Waals surface area contributed by atoms with Crippen LogP contribution in [0.4, 0.5) is 0 Å². The first-order valence-electron chi connectivity index (χ1n) is 14.1. The molecule has 2 fully saturated rings. The zero-order valence-corrected chi connectivity index (χ0v) is 23.3. The fourth-order valence-electron chi connectivity index (χ4n) is 6.30. The second-order valence-electron chi connectivity index (χ2n) is 11.3. The first-order chi connectivity index (χ1) is 18.9. The Labute approximate surface area is 229 Å². The number of morpholine rings is 1. The number of hydrogen-bond donors (Lipinski definition) is 1. The van der Waals surface area contributed by atoms with E-state index in [0.29, 0.717) is 49.5 Å². The Kier molecular flexibility index (Phi) is 7.03. The van der Waals surface area contributed by atoms with Crippen LogP contribution in [0.2, 0.25) is 0 Å². The van der Waals surface area contributed by atoms with Crippen LogP contribution in [0, 0.1) is 0 Å². The third-order valence-corrected chi connectivity index (χ3v) is 8.40. The second kappa shape index (κ2) is 10.6. The van der Waals surface area contributed by atoms with Crippen LogP contribution in [0.3, 0.4) is 0 Å². The molecule has 0 bridgehead atoms. The molecule has 6 rings (SSSR count). The maximum Gasteiger partial charge on any atom is 0.237 e. The molecule has 0 unspecified atom stereocenters. The van der Waals surface area contributed by atoms with Crippen molar-refractivity contribution >= 4 is 22.5 Å². The van der Waals surface area contributed by atoms with Crippen molar-refractivity contribution < 1.29 is 14.3 Å². The summed E-state index contributed by atoms with van der Waals surface area (Å²) in [4.78, 5) is 25.2. The van der Waals surface area contributed by atoms with Crippen LogP contribution in [0.25, 0.3) is 27.8 Å². The lowest BCUT2D eigenvalue weighted by atomic mass is 9.87. The minimum Gasteiger partial charge on any atom is -0.493 e. The Morgan fingerprint density at radius 3 is 2.77 bits per heavy atom. The van der Waals surface area contributed by atoms with Crippen LogP contribution in [-0.4, -0.2) is 87.8 Å². The summed E-state index contributed by atoms with van der Waals surface area (Å²) in [6, 6.07) is 9.08. The van der Waals surface area contributed by atoms with Crippen molar-refractivity contribution in [1.82, 2.24) is 29.4 Å². The molecule has 0 aliphatic carbocycles. The van der Waals surface area contributed by atoms with Crippen molar-refractivity contribution in [2.45, 2.75) is 51.5 Å². The van der Waals surface area contributed by atoms with E-state index in [2.05, 4.69) is 58.9 Å². The van der Waals surface area contributed by atoms with Gasteiger partial charge in [-0.25, -0.2) is 9.50 Å². The fraction of sp³-hybridized carbons (Fsp3) is 0.500. The number of H-pyrrole nitrogens is 1. The number of carbonyl (C=O) groups excluding carboxylic acids is 1. The number of carbonyl (C=O) groups is 1. The van der Waals surface area contributed by atoms with E-state index in [-0.39, 0.29) is 11.9 Å². The van der Waals surface area contributed by atoms with Crippen molar-refractivity contribution in [1.29, 1.82) is 0 Å². The normalized spacial score (nSPS) is 19.4. The monoisotopic (exact) mass is 530 g/mol. The number of amides is 1. The zero-order valence-electron chi connectivity index (χ0n) is 23.3. The highest BCUT2D eigenvalue weighted by Gasteiger charge is 2.28. The van der Waals surface area contributed by atoms with Crippen LogP contribution in [0.5, 0.6) is 5.75 Å². The number of nitrogens with one attached hydrogen (secondary N) is 1. The van der Waals surface area contributed by atoms with Crippen molar-refractivity contribution in [3.05, 3.63) is 47.9 Å². The van der Waals surface area contributed by atoms with E-state index in [4.69, 9.17) is 9.47 Å². The van der Waals surface area contributed by atoms with Crippen LogP contribution in [-0.2, 0) is 9.53 Å². The lowest BCUT2D eigenvalue weighted by Gasteiger charge is -2.37. The molecule has 0 spiro atoms. The smallest absolute Gasteiger partial charge is 0.237 e. The SMILES string of the molecule is COc1cc(-c2[nH]c3ccc(C4CCN(CC(=O)N5CCOC[C@H]5C)CC4)cc3c2C(C)C)cn2ncnc12. The van der Waals surface area contributed by atoms with Gasteiger partial charge in [-0.1, -0.05) is 19.9 Å². The van der Waals surface area contributed by atoms with Gasteiger partial charge in [0.25, 0.3) is 0 Å². The van der Waals surface area contributed by atoms with E-state index in [1.54, 1.807) is 18.0 Å². The first kappa shape index (κ1) is 25.8. The van der Waals surface area contributed by atoms with Crippen LogP contribution < -0.4 is 4.74 Å².